The lowest BCUT2D eigenvalue weighted by Crippen LogP contribution is -2.09. The maximum atomic E-state index is 13.3. The molecule has 3 rings (SSSR count). The summed E-state index contributed by atoms with van der Waals surface area (Å²) in [6.45, 7) is 3.69. The third-order valence-corrected chi connectivity index (χ3v) is 4.70. The summed E-state index contributed by atoms with van der Waals surface area (Å²) in [4.78, 5) is 12.6. The summed E-state index contributed by atoms with van der Waals surface area (Å²) in [6.07, 6.45) is 4.96. The van der Waals surface area contributed by atoms with E-state index < -0.39 is 0 Å². The molecule has 0 saturated heterocycles. The lowest BCUT2D eigenvalue weighted by atomic mass is 9.95. The van der Waals surface area contributed by atoms with Crippen LogP contribution in [0.25, 0.3) is 0 Å². The quantitative estimate of drug-likeness (QED) is 0.719. The van der Waals surface area contributed by atoms with Crippen LogP contribution in [0.4, 0.5) is 4.39 Å². The Hall–Kier alpha value is -1.18. The Bertz CT molecular complexity index is 471. The molecule has 18 heavy (non-hydrogen) atoms. The maximum absolute atomic E-state index is 13.3. The minimum Gasteiger partial charge on any atom is -0.294 e. The maximum Gasteiger partial charge on any atom is 0.167 e. The van der Waals surface area contributed by atoms with Crippen LogP contribution in [0.15, 0.2) is 12.1 Å². The standard InChI is InChI=1S/C16H19FO/c1-9-7-11(17)8-10(2)14(9)16(18)15-12-5-3-4-6-13(12)15/h7-8,12-13,15H,3-6H2,1-2H3. The monoisotopic (exact) mass is 246 g/mol. The van der Waals surface area contributed by atoms with Crippen molar-refractivity contribution in [2.24, 2.45) is 17.8 Å². The molecule has 96 valence electrons. The van der Waals surface area contributed by atoms with Crippen LogP contribution in [0.3, 0.4) is 0 Å². The van der Waals surface area contributed by atoms with Gasteiger partial charge in [-0.15, -0.1) is 0 Å². The topological polar surface area (TPSA) is 17.1 Å². The van der Waals surface area contributed by atoms with E-state index in [2.05, 4.69) is 0 Å². The second-order valence-electron chi connectivity index (χ2n) is 5.92. The van der Waals surface area contributed by atoms with Gasteiger partial charge in [0.25, 0.3) is 0 Å². The Morgan fingerprint density at radius 2 is 1.61 bits per heavy atom. The molecular weight excluding hydrogens is 227 g/mol. The largest absolute Gasteiger partial charge is 0.294 e. The molecule has 0 amide bonds. The van der Waals surface area contributed by atoms with Crippen molar-refractivity contribution in [3.63, 3.8) is 0 Å². The third kappa shape index (κ3) is 1.79. The molecule has 2 atom stereocenters. The van der Waals surface area contributed by atoms with Gasteiger partial charge in [0.15, 0.2) is 5.78 Å². The first-order chi connectivity index (χ1) is 8.59. The molecule has 0 heterocycles. The van der Waals surface area contributed by atoms with Crippen LogP contribution in [0, 0.1) is 37.4 Å². The Labute approximate surface area is 107 Å². The van der Waals surface area contributed by atoms with E-state index in [1.807, 2.05) is 13.8 Å². The lowest BCUT2D eigenvalue weighted by Gasteiger charge is -2.09. The van der Waals surface area contributed by atoms with E-state index in [4.69, 9.17) is 0 Å². The number of Topliss-reactive ketones (excluding diaryl/α,β-unsaturated/α-hetero) is 1. The highest BCUT2D eigenvalue weighted by Gasteiger charge is 2.54. The van der Waals surface area contributed by atoms with E-state index >= 15 is 0 Å². The fourth-order valence-corrected chi connectivity index (χ4v) is 3.85. The number of hydrogen-bond acceptors (Lipinski definition) is 1. The molecule has 0 aliphatic heterocycles. The third-order valence-electron chi connectivity index (χ3n) is 4.70. The van der Waals surface area contributed by atoms with Gasteiger partial charge in [0, 0.05) is 11.5 Å². The van der Waals surface area contributed by atoms with Crippen LogP contribution in [0.1, 0.15) is 47.2 Å². The molecule has 2 saturated carbocycles. The van der Waals surface area contributed by atoms with Gasteiger partial charge >= 0.3 is 0 Å². The van der Waals surface area contributed by atoms with Crippen molar-refractivity contribution < 1.29 is 9.18 Å². The molecule has 1 aromatic carbocycles. The van der Waals surface area contributed by atoms with E-state index in [0.717, 1.165) is 16.7 Å². The predicted octanol–water partition coefficient (Wildman–Crippen LogP) is 4.06. The molecule has 2 aliphatic rings. The van der Waals surface area contributed by atoms with Gasteiger partial charge in [-0.2, -0.15) is 0 Å². The Morgan fingerprint density at radius 1 is 1.11 bits per heavy atom. The molecule has 0 spiro atoms. The zero-order chi connectivity index (χ0) is 12.9. The van der Waals surface area contributed by atoms with Crippen molar-refractivity contribution in [2.45, 2.75) is 39.5 Å². The molecule has 2 fully saturated rings. The second-order valence-corrected chi connectivity index (χ2v) is 5.92. The van der Waals surface area contributed by atoms with E-state index in [0.29, 0.717) is 11.8 Å². The van der Waals surface area contributed by atoms with Crippen LogP contribution < -0.4 is 0 Å². The second kappa shape index (κ2) is 4.18. The van der Waals surface area contributed by atoms with Crippen LogP contribution in [0.2, 0.25) is 0 Å². The molecular formula is C16H19FO. The van der Waals surface area contributed by atoms with Gasteiger partial charge in [0.2, 0.25) is 0 Å². The Morgan fingerprint density at radius 3 is 2.11 bits per heavy atom. The predicted molar refractivity (Wildman–Crippen MR) is 69.1 cm³/mol. The highest BCUT2D eigenvalue weighted by atomic mass is 19.1. The molecule has 0 bridgehead atoms. The summed E-state index contributed by atoms with van der Waals surface area (Å²) in [6, 6.07) is 2.96. The summed E-state index contributed by atoms with van der Waals surface area (Å²) >= 11 is 0. The molecule has 2 unspecified atom stereocenters. The highest BCUT2D eigenvalue weighted by Crippen LogP contribution is 2.56. The lowest BCUT2D eigenvalue weighted by molar-refractivity contribution is 0.0955. The van der Waals surface area contributed by atoms with E-state index in [1.54, 1.807) is 0 Å². The zero-order valence-electron chi connectivity index (χ0n) is 11.0. The van der Waals surface area contributed by atoms with Crippen molar-refractivity contribution in [1.29, 1.82) is 0 Å². The molecule has 2 heteroatoms. The average molecular weight is 246 g/mol. The van der Waals surface area contributed by atoms with Crippen molar-refractivity contribution in [3.8, 4) is 0 Å². The molecule has 1 nitrogen and oxygen atoms in total. The average Bonchev–Trinajstić information content (AvgIpc) is 3.01. The van der Waals surface area contributed by atoms with E-state index in [1.165, 1.54) is 37.8 Å². The molecule has 0 radical (unpaired) electrons. The first-order valence-corrected chi connectivity index (χ1v) is 6.90. The number of carbonyl (C=O) groups is 1. The van der Waals surface area contributed by atoms with Gasteiger partial charge in [0.05, 0.1) is 0 Å². The summed E-state index contributed by atoms with van der Waals surface area (Å²) in [5.74, 6) is 1.50. The van der Waals surface area contributed by atoms with Crippen molar-refractivity contribution >= 4 is 5.78 Å². The van der Waals surface area contributed by atoms with Gasteiger partial charge in [-0.05, 0) is 61.8 Å². The van der Waals surface area contributed by atoms with Gasteiger partial charge in [-0.25, -0.2) is 4.39 Å². The molecule has 0 aromatic heterocycles. The summed E-state index contributed by atoms with van der Waals surface area (Å²) < 4.78 is 13.3. The number of ketones is 1. The minimum absolute atomic E-state index is 0.232. The number of rotatable bonds is 2. The van der Waals surface area contributed by atoms with Crippen molar-refractivity contribution in [2.75, 3.05) is 0 Å². The van der Waals surface area contributed by atoms with Gasteiger partial charge < -0.3 is 0 Å². The van der Waals surface area contributed by atoms with Crippen molar-refractivity contribution in [3.05, 3.63) is 34.6 Å². The first-order valence-electron chi connectivity index (χ1n) is 6.90. The van der Waals surface area contributed by atoms with Crippen LogP contribution in [0.5, 0.6) is 0 Å². The zero-order valence-corrected chi connectivity index (χ0v) is 11.0. The number of fused-ring (bicyclic) bond motifs is 1. The summed E-state index contributed by atoms with van der Waals surface area (Å²) in [5.41, 5.74) is 2.36. The molecule has 1 aromatic rings. The van der Waals surface area contributed by atoms with Crippen LogP contribution in [-0.2, 0) is 0 Å². The first kappa shape index (κ1) is 11.9. The fourth-order valence-electron chi connectivity index (χ4n) is 3.85. The van der Waals surface area contributed by atoms with E-state index in [9.17, 15) is 9.18 Å². The van der Waals surface area contributed by atoms with Gasteiger partial charge in [-0.1, -0.05) is 12.8 Å². The van der Waals surface area contributed by atoms with Crippen LogP contribution >= 0.6 is 0 Å². The minimum atomic E-state index is -0.241. The summed E-state index contributed by atoms with van der Waals surface area (Å²) in [7, 11) is 0. The number of benzene rings is 1. The van der Waals surface area contributed by atoms with Crippen LogP contribution in [-0.4, -0.2) is 5.78 Å². The van der Waals surface area contributed by atoms with Crippen molar-refractivity contribution in [1.82, 2.24) is 0 Å². The fraction of sp³-hybridized carbons (Fsp3) is 0.562. The number of halogens is 1. The van der Waals surface area contributed by atoms with E-state index in [-0.39, 0.29) is 17.5 Å². The molecule has 0 N–H and O–H groups in total. The SMILES string of the molecule is Cc1cc(F)cc(C)c1C(=O)C1C2CCCCC21. The Kier molecular flexibility index (Phi) is 2.76. The van der Waals surface area contributed by atoms with Gasteiger partial charge in [-0.3, -0.25) is 4.79 Å². The normalized spacial score (nSPS) is 29.8. The number of hydrogen-bond donors (Lipinski definition) is 0. The highest BCUT2D eigenvalue weighted by molar-refractivity contribution is 6.02. The summed E-state index contributed by atoms with van der Waals surface area (Å²) in [5, 5.41) is 0. The Balaban J connectivity index is 1.90. The number of carbonyl (C=O) groups excluding carboxylic acids is 1. The smallest absolute Gasteiger partial charge is 0.167 e. The van der Waals surface area contributed by atoms with Gasteiger partial charge in [0.1, 0.15) is 5.82 Å². The number of aryl methyl sites for hydroxylation is 2. The molecule has 2 aliphatic carbocycles.